The molecule has 2 aromatic rings. The van der Waals surface area contributed by atoms with Gasteiger partial charge in [0.05, 0.1) is 10.0 Å². The molecule has 0 fully saturated rings. The van der Waals surface area contributed by atoms with Crippen molar-refractivity contribution in [2.24, 2.45) is 0 Å². The van der Waals surface area contributed by atoms with Crippen LogP contribution in [0, 0.1) is 0 Å². The smallest absolute Gasteiger partial charge is 0.156 e. The first-order valence-electron chi connectivity index (χ1n) is 5.63. The maximum Gasteiger partial charge on any atom is 0.156 e. The Hall–Kier alpha value is -1.38. The Morgan fingerprint density at radius 1 is 0.889 bits per heavy atom. The summed E-state index contributed by atoms with van der Waals surface area (Å²) in [6.45, 7) is 1.18. The molecule has 0 aliphatic rings. The van der Waals surface area contributed by atoms with Gasteiger partial charge in [0.1, 0.15) is 6.61 Å². The highest BCUT2D eigenvalue weighted by Gasteiger charge is 2.05. The Bertz CT molecular complexity index is 482. The zero-order valence-corrected chi connectivity index (χ0v) is 11.2. The average Bonchev–Trinajstić information content (AvgIpc) is 2.38. The first-order chi connectivity index (χ1) is 8.77. The minimum Gasteiger partial charge on any atom is -0.489 e. The summed E-state index contributed by atoms with van der Waals surface area (Å²) in [5.74, 6) is 0.538. The van der Waals surface area contributed by atoms with Crippen molar-refractivity contribution >= 4 is 28.9 Å². The van der Waals surface area contributed by atoms with Crippen LogP contribution < -0.4 is 10.1 Å². The van der Waals surface area contributed by atoms with E-state index in [1.165, 1.54) is 0 Å². The second-order valence-corrected chi connectivity index (χ2v) is 4.51. The molecule has 0 unspecified atom stereocenters. The molecule has 0 atom stereocenters. The summed E-state index contributed by atoms with van der Waals surface area (Å²) < 4.78 is 5.56. The van der Waals surface area contributed by atoms with E-state index >= 15 is 0 Å². The summed E-state index contributed by atoms with van der Waals surface area (Å²) in [6, 6.07) is 15.2. The molecule has 2 aromatic carbocycles. The molecule has 0 saturated carbocycles. The highest BCUT2D eigenvalue weighted by Crippen LogP contribution is 2.32. The predicted octanol–water partition coefficient (Wildman–Crippen LogP) is 4.48. The fourth-order valence-electron chi connectivity index (χ4n) is 1.52. The Morgan fingerprint density at radius 2 is 1.56 bits per heavy atom. The normalized spacial score (nSPS) is 10.1. The number of rotatable bonds is 5. The van der Waals surface area contributed by atoms with Gasteiger partial charge in [-0.2, -0.15) is 0 Å². The van der Waals surface area contributed by atoms with Gasteiger partial charge in [0.15, 0.2) is 5.75 Å². The van der Waals surface area contributed by atoms with Crippen molar-refractivity contribution in [3.8, 4) is 5.75 Å². The average molecular weight is 282 g/mol. The molecule has 94 valence electrons. The third-order valence-electron chi connectivity index (χ3n) is 2.37. The molecule has 0 aliphatic carbocycles. The van der Waals surface area contributed by atoms with Crippen LogP contribution in [-0.4, -0.2) is 13.2 Å². The van der Waals surface area contributed by atoms with Crippen molar-refractivity contribution in [1.82, 2.24) is 0 Å². The van der Waals surface area contributed by atoms with E-state index in [1.54, 1.807) is 18.2 Å². The van der Waals surface area contributed by atoms with E-state index in [0.717, 1.165) is 5.69 Å². The Kier molecular flexibility index (Phi) is 4.73. The van der Waals surface area contributed by atoms with Gasteiger partial charge < -0.3 is 10.1 Å². The third kappa shape index (κ3) is 3.56. The lowest BCUT2D eigenvalue weighted by Gasteiger charge is -2.10. The van der Waals surface area contributed by atoms with Crippen molar-refractivity contribution in [3.63, 3.8) is 0 Å². The molecule has 0 spiro atoms. The predicted molar refractivity (Wildman–Crippen MR) is 76.9 cm³/mol. The molecule has 1 N–H and O–H groups in total. The molecule has 0 aromatic heterocycles. The number of para-hydroxylation sites is 2. The van der Waals surface area contributed by atoms with Crippen LogP contribution in [0.4, 0.5) is 5.69 Å². The highest BCUT2D eigenvalue weighted by atomic mass is 35.5. The molecule has 0 saturated heterocycles. The van der Waals surface area contributed by atoms with Crippen molar-refractivity contribution in [1.29, 1.82) is 0 Å². The summed E-state index contributed by atoms with van der Waals surface area (Å²) in [5.41, 5.74) is 1.06. The molecule has 0 heterocycles. The third-order valence-corrected chi connectivity index (χ3v) is 2.97. The summed E-state index contributed by atoms with van der Waals surface area (Å²) >= 11 is 12.0. The van der Waals surface area contributed by atoms with Crippen molar-refractivity contribution in [2.45, 2.75) is 0 Å². The summed E-state index contributed by atoms with van der Waals surface area (Å²) in [4.78, 5) is 0. The van der Waals surface area contributed by atoms with E-state index in [2.05, 4.69) is 5.32 Å². The number of nitrogens with one attached hydrogen (secondary N) is 1. The molecule has 0 radical (unpaired) electrons. The van der Waals surface area contributed by atoms with Gasteiger partial charge in [0.25, 0.3) is 0 Å². The van der Waals surface area contributed by atoms with Crippen LogP contribution in [-0.2, 0) is 0 Å². The van der Waals surface area contributed by atoms with E-state index in [4.69, 9.17) is 27.9 Å². The topological polar surface area (TPSA) is 21.3 Å². The monoisotopic (exact) mass is 281 g/mol. The molecule has 0 amide bonds. The Morgan fingerprint density at radius 3 is 2.22 bits per heavy atom. The number of ether oxygens (including phenoxy) is 1. The highest BCUT2D eigenvalue weighted by molar-refractivity contribution is 6.37. The van der Waals surface area contributed by atoms with Gasteiger partial charge in [-0.3, -0.25) is 0 Å². The molecule has 0 bridgehead atoms. The van der Waals surface area contributed by atoms with Gasteiger partial charge in [-0.25, -0.2) is 0 Å². The fraction of sp³-hybridized carbons (Fsp3) is 0.143. The van der Waals surface area contributed by atoms with Crippen LogP contribution in [0.1, 0.15) is 0 Å². The largest absolute Gasteiger partial charge is 0.489 e. The van der Waals surface area contributed by atoms with Gasteiger partial charge in [0, 0.05) is 12.2 Å². The molecule has 18 heavy (non-hydrogen) atoms. The van der Waals surface area contributed by atoms with Crippen LogP contribution in [0.3, 0.4) is 0 Å². The number of benzene rings is 2. The maximum absolute atomic E-state index is 6.00. The Balaban J connectivity index is 1.82. The van der Waals surface area contributed by atoms with E-state index in [0.29, 0.717) is 28.9 Å². The van der Waals surface area contributed by atoms with Crippen molar-refractivity contribution in [2.75, 3.05) is 18.5 Å². The minimum atomic E-state index is 0.498. The van der Waals surface area contributed by atoms with E-state index in [9.17, 15) is 0 Å². The van der Waals surface area contributed by atoms with Crippen LogP contribution in [0.25, 0.3) is 0 Å². The SMILES string of the molecule is Clc1cccc(Cl)c1OCCNc1ccccc1. The summed E-state index contributed by atoms with van der Waals surface area (Å²) in [5, 5.41) is 4.30. The molecule has 2 rings (SSSR count). The molecular formula is C14H13Cl2NO. The lowest BCUT2D eigenvalue weighted by Crippen LogP contribution is -2.11. The van der Waals surface area contributed by atoms with Gasteiger partial charge in [-0.15, -0.1) is 0 Å². The van der Waals surface area contributed by atoms with Gasteiger partial charge in [-0.1, -0.05) is 47.5 Å². The van der Waals surface area contributed by atoms with E-state index < -0.39 is 0 Å². The lowest BCUT2D eigenvalue weighted by atomic mass is 10.3. The second-order valence-electron chi connectivity index (χ2n) is 3.69. The van der Waals surface area contributed by atoms with E-state index in [-0.39, 0.29) is 0 Å². The second kappa shape index (κ2) is 6.53. The zero-order chi connectivity index (χ0) is 12.8. The Labute approximate surface area is 116 Å². The number of anilines is 1. The standard InChI is InChI=1S/C14H13Cl2NO/c15-12-7-4-8-13(16)14(12)18-10-9-17-11-5-2-1-3-6-11/h1-8,17H,9-10H2. The number of halogens is 2. The maximum atomic E-state index is 6.00. The van der Waals surface area contributed by atoms with Crippen LogP contribution >= 0.6 is 23.2 Å². The van der Waals surface area contributed by atoms with Gasteiger partial charge in [-0.05, 0) is 24.3 Å². The summed E-state index contributed by atoms with van der Waals surface area (Å²) in [6.07, 6.45) is 0. The van der Waals surface area contributed by atoms with Crippen molar-refractivity contribution < 1.29 is 4.74 Å². The number of hydrogen-bond donors (Lipinski definition) is 1. The molecule has 0 aliphatic heterocycles. The zero-order valence-electron chi connectivity index (χ0n) is 9.70. The molecule has 4 heteroatoms. The lowest BCUT2D eigenvalue weighted by molar-refractivity contribution is 0.333. The van der Waals surface area contributed by atoms with Crippen LogP contribution in [0.15, 0.2) is 48.5 Å². The van der Waals surface area contributed by atoms with E-state index in [1.807, 2.05) is 30.3 Å². The van der Waals surface area contributed by atoms with Crippen LogP contribution in [0.5, 0.6) is 5.75 Å². The first kappa shape index (κ1) is 13.1. The molecule has 2 nitrogen and oxygen atoms in total. The van der Waals surface area contributed by atoms with Crippen LogP contribution in [0.2, 0.25) is 10.0 Å². The summed E-state index contributed by atoms with van der Waals surface area (Å²) in [7, 11) is 0. The van der Waals surface area contributed by atoms with Gasteiger partial charge >= 0.3 is 0 Å². The van der Waals surface area contributed by atoms with Gasteiger partial charge in [0.2, 0.25) is 0 Å². The first-order valence-corrected chi connectivity index (χ1v) is 6.38. The van der Waals surface area contributed by atoms with Crippen molar-refractivity contribution in [3.05, 3.63) is 58.6 Å². The minimum absolute atomic E-state index is 0.498. The quantitative estimate of drug-likeness (QED) is 0.816. The number of hydrogen-bond acceptors (Lipinski definition) is 2. The molecular weight excluding hydrogens is 269 g/mol. The fourth-order valence-corrected chi connectivity index (χ4v) is 2.03.